The fourth-order valence-electron chi connectivity index (χ4n) is 5.01. The Morgan fingerprint density at radius 1 is 0.872 bits per heavy atom. The monoisotopic (exact) mass is 695 g/mol. The van der Waals surface area contributed by atoms with Gasteiger partial charge in [-0.15, -0.1) is 0 Å². The van der Waals surface area contributed by atoms with Gasteiger partial charge in [0.25, 0.3) is 10.0 Å². The second-order valence-corrected chi connectivity index (χ2v) is 14.9. The van der Waals surface area contributed by atoms with Crippen LogP contribution in [-0.4, -0.2) is 50.4 Å². The van der Waals surface area contributed by atoms with E-state index in [2.05, 4.69) is 5.32 Å². The summed E-state index contributed by atoms with van der Waals surface area (Å²) >= 11 is 12.9. The number of halogens is 2. The highest BCUT2D eigenvalue weighted by Crippen LogP contribution is 2.36. The number of benzene rings is 4. The highest BCUT2D eigenvalue weighted by Gasteiger charge is 2.36. The quantitative estimate of drug-likeness (QED) is 0.171. The summed E-state index contributed by atoms with van der Waals surface area (Å²) < 4.78 is 34.9. The molecule has 0 heterocycles. The summed E-state index contributed by atoms with van der Waals surface area (Å²) in [5.41, 5.74) is 1.81. The van der Waals surface area contributed by atoms with Crippen molar-refractivity contribution in [1.82, 2.24) is 10.2 Å². The molecule has 11 heteroatoms. The maximum absolute atomic E-state index is 14.6. The van der Waals surface area contributed by atoms with Crippen molar-refractivity contribution in [3.8, 4) is 5.75 Å². The second kappa shape index (κ2) is 15.2. The van der Waals surface area contributed by atoms with E-state index in [9.17, 15) is 18.0 Å². The number of carbonyl (C=O) groups is 2. The SMILES string of the molecule is COc1cccc(CN(C(=O)CN(c2cccc(Cl)c2Cl)S(=O)(=O)c2ccc(C)cc2)C(Cc2ccccc2)C(=O)NC(C)(C)C)c1. The van der Waals surface area contributed by atoms with E-state index in [4.69, 9.17) is 27.9 Å². The van der Waals surface area contributed by atoms with Gasteiger partial charge >= 0.3 is 0 Å². The molecule has 248 valence electrons. The van der Waals surface area contributed by atoms with E-state index >= 15 is 0 Å². The average molecular weight is 697 g/mol. The van der Waals surface area contributed by atoms with E-state index in [1.165, 1.54) is 29.2 Å². The van der Waals surface area contributed by atoms with E-state index in [-0.39, 0.29) is 39.5 Å². The highest BCUT2D eigenvalue weighted by molar-refractivity contribution is 7.92. The van der Waals surface area contributed by atoms with Crippen LogP contribution >= 0.6 is 23.2 Å². The van der Waals surface area contributed by atoms with Gasteiger partial charge in [-0.3, -0.25) is 13.9 Å². The minimum absolute atomic E-state index is 0.00715. The van der Waals surface area contributed by atoms with Crippen LogP contribution in [0.1, 0.15) is 37.5 Å². The summed E-state index contributed by atoms with van der Waals surface area (Å²) in [6, 6.07) is 26.4. The number of methoxy groups -OCH3 is 1. The first-order valence-corrected chi connectivity index (χ1v) is 17.2. The molecule has 0 bridgehead atoms. The highest BCUT2D eigenvalue weighted by atomic mass is 35.5. The summed E-state index contributed by atoms with van der Waals surface area (Å²) in [5.74, 6) is -0.432. The molecular weight excluding hydrogens is 657 g/mol. The van der Waals surface area contributed by atoms with Gasteiger partial charge in [0.15, 0.2) is 0 Å². The maximum Gasteiger partial charge on any atom is 0.264 e. The van der Waals surface area contributed by atoms with Crippen molar-refractivity contribution in [2.24, 2.45) is 0 Å². The van der Waals surface area contributed by atoms with Crippen LogP contribution in [0.2, 0.25) is 10.0 Å². The van der Waals surface area contributed by atoms with Gasteiger partial charge in [0.2, 0.25) is 11.8 Å². The third-order valence-corrected chi connectivity index (χ3v) is 9.93. The molecule has 4 aromatic rings. The Labute approximate surface area is 287 Å². The standard InChI is InChI=1S/C36H39Cl2N3O5S/c1-25-17-19-29(20-18-25)47(44,45)41(31-16-10-15-30(37)34(31)38)24-33(42)40(23-27-13-9-14-28(21-27)46-5)32(35(43)39-36(2,3)4)22-26-11-7-6-8-12-26/h6-21,32H,22-24H2,1-5H3,(H,39,43). The van der Waals surface area contributed by atoms with Gasteiger partial charge in [0.05, 0.1) is 27.7 Å². The molecule has 2 amide bonds. The number of anilines is 1. The molecule has 1 N–H and O–H groups in total. The predicted molar refractivity (Wildman–Crippen MR) is 188 cm³/mol. The third kappa shape index (κ3) is 9.28. The van der Waals surface area contributed by atoms with Crippen molar-refractivity contribution in [2.75, 3.05) is 18.0 Å². The van der Waals surface area contributed by atoms with E-state index in [0.29, 0.717) is 11.3 Å². The van der Waals surface area contributed by atoms with Gasteiger partial charge in [0, 0.05) is 18.5 Å². The van der Waals surface area contributed by atoms with Gasteiger partial charge in [0.1, 0.15) is 18.3 Å². The molecule has 1 unspecified atom stereocenters. The van der Waals surface area contributed by atoms with Crippen molar-refractivity contribution in [3.63, 3.8) is 0 Å². The maximum atomic E-state index is 14.6. The lowest BCUT2D eigenvalue weighted by atomic mass is 10.0. The van der Waals surface area contributed by atoms with Crippen LogP contribution in [0.15, 0.2) is 102 Å². The Morgan fingerprint density at radius 3 is 2.15 bits per heavy atom. The summed E-state index contributed by atoms with van der Waals surface area (Å²) in [7, 11) is -2.79. The lowest BCUT2D eigenvalue weighted by Gasteiger charge is -2.35. The molecule has 4 rings (SSSR count). The summed E-state index contributed by atoms with van der Waals surface area (Å²) in [4.78, 5) is 30.1. The van der Waals surface area contributed by atoms with Crippen LogP contribution in [0.3, 0.4) is 0 Å². The number of carbonyl (C=O) groups excluding carboxylic acids is 2. The first-order valence-electron chi connectivity index (χ1n) is 15.0. The molecule has 1 atom stereocenters. The fraction of sp³-hybridized carbons (Fsp3) is 0.278. The second-order valence-electron chi connectivity index (χ2n) is 12.2. The van der Waals surface area contributed by atoms with Crippen LogP contribution in [0.5, 0.6) is 5.75 Å². The molecule has 0 aromatic heterocycles. The van der Waals surface area contributed by atoms with E-state index in [1.807, 2.05) is 64.1 Å². The average Bonchev–Trinajstić information content (AvgIpc) is 3.03. The Hall–Kier alpha value is -4.05. The number of aryl methyl sites for hydroxylation is 1. The predicted octanol–water partition coefficient (Wildman–Crippen LogP) is 7.06. The Kier molecular flexibility index (Phi) is 11.6. The van der Waals surface area contributed by atoms with E-state index in [1.54, 1.807) is 43.5 Å². The summed E-state index contributed by atoms with van der Waals surface area (Å²) in [6.07, 6.45) is 0.182. The molecule has 0 spiro atoms. The van der Waals surface area contributed by atoms with Crippen LogP contribution < -0.4 is 14.4 Å². The molecule has 0 radical (unpaired) electrons. The largest absolute Gasteiger partial charge is 0.497 e. The summed E-state index contributed by atoms with van der Waals surface area (Å²) in [6.45, 7) is 6.75. The fourth-order valence-corrected chi connectivity index (χ4v) is 6.88. The van der Waals surface area contributed by atoms with Crippen LogP contribution in [0, 0.1) is 6.92 Å². The Balaban J connectivity index is 1.86. The normalized spacial score (nSPS) is 12.2. The molecule has 4 aromatic carbocycles. The molecule has 47 heavy (non-hydrogen) atoms. The third-order valence-electron chi connectivity index (χ3n) is 7.34. The summed E-state index contributed by atoms with van der Waals surface area (Å²) in [5, 5.41) is 3.12. The molecule has 0 aliphatic heterocycles. The van der Waals surface area contributed by atoms with Crippen LogP contribution in [-0.2, 0) is 32.6 Å². The van der Waals surface area contributed by atoms with Gasteiger partial charge in [-0.2, -0.15) is 0 Å². The zero-order valence-corrected chi connectivity index (χ0v) is 29.4. The zero-order chi connectivity index (χ0) is 34.4. The smallest absolute Gasteiger partial charge is 0.264 e. The number of nitrogens with one attached hydrogen (secondary N) is 1. The number of rotatable bonds is 12. The molecule has 0 saturated heterocycles. The van der Waals surface area contributed by atoms with Crippen molar-refractivity contribution < 1.29 is 22.7 Å². The van der Waals surface area contributed by atoms with Gasteiger partial charge in [-0.1, -0.05) is 89.4 Å². The Bertz CT molecular complexity index is 1810. The molecule has 0 aliphatic rings. The van der Waals surface area contributed by atoms with Gasteiger partial charge < -0.3 is 15.0 Å². The van der Waals surface area contributed by atoms with Gasteiger partial charge in [-0.25, -0.2) is 8.42 Å². The molecular formula is C36H39Cl2N3O5S. The minimum Gasteiger partial charge on any atom is -0.497 e. The first-order chi connectivity index (χ1) is 22.2. The van der Waals surface area contributed by atoms with Crippen LogP contribution in [0.4, 0.5) is 5.69 Å². The van der Waals surface area contributed by atoms with Crippen molar-refractivity contribution in [2.45, 2.75) is 57.1 Å². The molecule has 0 fully saturated rings. The number of amides is 2. The number of hydrogen-bond acceptors (Lipinski definition) is 5. The van der Waals surface area contributed by atoms with E-state index in [0.717, 1.165) is 15.4 Å². The van der Waals surface area contributed by atoms with Gasteiger partial charge in [-0.05, 0) is 75.2 Å². The Morgan fingerprint density at radius 2 is 1.51 bits per heavy atom. The van der Waals surface area contributed by atoms with Crippen LogP contribution in [0.25, 0.3) is 0 Å². The number of ether oxygens (including phenoxy) is 1. The molecule has 0 saturated carbocycles. The minimum atomic E-state index is -4.33. The molecule has 0 aliphatic carbocycles. The molecule has 8 nitrogen and oxygen atoms in total. The zero-order valence-electron chi connectivity index (χ0n) is 27.0. The van der Waals surface area contributed by atoms with Crippen molar-refractivity contribution >= 4 is 50.7 Å². The topological polar surface area (TPSA) is 96.0 Å². The number of nitrogens with zero attached hydrogens (tertiary/aromatic N) is 2. The number of hydrogen-bond donors (Lipinski definition) is 1. The lowest BCUT2D eigenvalue weighted by Crippen LogP contribution is -2.56. The van der Waals surface area contributed by atoms with Crippen molar-refractivity contribution in [1.29, 1.82) is 0 Å². The first kappa shape index (κ1) is 35.8. The van der Waals surface area contributed by atoms with Crippen molar-refractivity contribution in [3.05, 3.63) is 124 Å². The number of sulfonamides is 1. The van der Waals surface area contributed by atoms with E-state index < -0.39 is 34.1 Å². The lowest BCUT2D eigenvalue weighted by molar-refractivity contribution is -0.140.